The van der Waals surface area contributed by atoms with Crippen LogP contribution in [-0.4, -0.2) is 16.1 Å². The highest BCUT2D eigenvalue weighted by molar-refractivity contribution is 5.81. The second kappa shape index (κ2) is 8.15. The van der Waals surface area contributed by atoms with Gasteiger partial charge in [-0.3, -0.25) is 9.59 Å². The minimum Gasteiger partial charge on any atom is -0.459 e. The number of carbonyl (C=O) groups is 1. The first-order valence-electron chi connectivity index (χ1n) is 9.41. The summed E-state index contributed by atoms with van der Waals surface area (Å²) in [7, 11) is 0. The Balaban J connectivity index is 1.98. The highest BCUT2D eigenvalue weighted by Crippen LogP contribution is 2.18. The van der Waals surface area contributed by atoms with Gasteiger partial charge in [-0.05, 0) is 57.4 Å². The number of benzene rings is 2. The van der Waals surface area contributed by atoms with E-state index < -0.39 is 23.2 Å². The van der Waals surface area contributed by atoms with Crippen LogP contribution in [0.5, 0.6) is 0 Å². The Labute approximate surface area is 167 Å². The number of aromatic nitrogens is 1. The molecule has 3 aromatic rings. The number of hydrogen-bond acceptors (Lipinski definition) is 3. The van der Waals surface area contributed by atoms with Crippen molar-refractivity contribution in [3.8, 4) is 0 Å². The van der Waals surface area contributed by atoms with Gasteiger partial charge in [0.25, 0.3) is 0 Å². The molecule has 0 spiro atoms. The van der Waals surface area contributed by atoms with Crippen molar-refractivity contribution in [3.05, 3.63) is 81.6 Å². The van der Waals surface area contributed by atoms with Crippen LogP contribution in [0.3, 0.4) is 0 Å². The van der Waals surface area contributed by atoms with Gasteiger partial charge in [0.05, 0.1) is 5.52 Å². The monoisotopic (exact) mass is 399 g/mol. The largest absolute Gasteiger partial charge is 0.459 e. The molecule has 0 saturated heterocycles. The molecular formula is C23H23F2NO3. The fourth-order valence-corrected chi connectivity index (χ4v) is 3.26. The van der Waals surface area contributed by atoms with E-state index in [0.717, 1.165) is 6.07 Å². The average molecular weight is 399 g/mol. The van der Waals surface area contributed by atoms with Gasteiger partial charge in [0.2, 0.25) is 0 Å². The third kappa shape index (κ3) is 5.08. The van der Waals surface area contributed by atoms with E-state index in [4.69, 9.17) is 4.74 Å². The fraction of sp³-hybridized carbons (Fsp3) is 0.304. The van der Waals surface area contributed by atoms with Crippen molar-refractivity contribution >= 4 is 16.9 Å². The van der Waals surface area contributed by atoms with Crippen LogP contribution in [-0.2, 0) is 28.9 Å². The number of nitrogens with zero attached hydrogens (tertiary/aromatic N) is 1. The van der Waals surface area contributed by atoms with E-state index in [9.17, 15) is 18.4 Å². The van der Waals surface area contributed by atoms with Gasteiger partial charge >= 0.3 is 5.97 Å². The summed E-state index contributed by atoms with van der Waals surface area (Å²) in [5.41, 5.74) is 0.735. The summed E-state index contributed by atoms with van der Waals surface area (Å²) >= 11 is 0. The Kier molecular flexibility index (Phi) is 5.82. The summed E-state index contributed by atoms with van der Waals surface area (Å²) in [5.74, 6) is -1.70. The zero-order valence-electron chi connectivity index (χ0n) is 16.7. The number of carbonyl (C=O) groups excluding carboxylic acids is 1. The van der Waals surface area contributed by atoms with E-state index >= 15 is 0 Å². The molecular weight excluding hydrogens is 376 g/mol. The summed E-state index contributed by atoms with van der Waals surface area (Å²) in [6.45, 7) is 5.28. The normalized spacial score (nSPS) is 11.6. The van der Waals surface area contributed by atoms with Crippen LogP contribution in [0, 0.1) is 11.6 Å². The maximum absolute atomic E-state index is 14.0. The van der Waals surface area contributed by atoms with Gasteiger partial charge in [0, 0.05) is 23.2 Å². The Bertz CT molecular complexity index is 1110. The molecule has 2 aromatic carbocycles. The number of hydrogen-bond donors (Lipinski definition) is 0. The molecule has 0 saturated carbocycles. The Hall–Kier alpha value is -3.02. The number of aryl methyl sites for hydroxylation is 2. The predicted molar refractivity (Wildman–Crippen MR) is 108 cm³/mol. The summed E-state index contributed by atoms with van der Waals surface area (Å²) in [6, 6.07) is 11.9. The second-order valence-corrected chi connectivity index (χ2v) is 7.93. The fourth-order valence-electron chi connectivity index (χ4n) is 3.26. The van der Waals surface area contributed by atoms with Crippen LogP contribution in [0.1, 0.15) is 32.0 Å². The van der Waals surface area contributed by atoms with Gasteiger partial charge in [-0.2, -0.15) is 0 Å². The van der Waals surface area contributed by atoms with E-state index in [0.29, 0.717) is 28.6 Å². The zero-order valence-corrected chi connectivity index (χ0v) is 16.7. The van der Waals surface area contributed by atoms with E-state index in [1.54, 1.807) is 49.6 Å². The molecule has 4 nitrogen and oxygen atoms in total. The summed E-state index contributed by atoms with van der Waals surface area (Å²) < 4.78 is 34.3. The van der Waals surface area contributed by atoms with Crippen LogP contribution in [0.15, 0.2) is 53.3 Å². The third-order valence-corrected chi connectivity index (χ3v) is 4.48. The first kappa shape index (κ1) is 20.7. The molecule has 0 amide bonds. The molecule has 0 atom stereocenters. The molecule has 6 heteroatoms. The number of pyridine rings is 1. The lowest BCUT2D eigenvalue weighted by Gasteiger charge is -2.22. The van der Waals surface area contributed by atoms with Crippen LogP contribution in [0.25, 0.3) is 10.9 Å². The third-order valence-electron chi connectivity index (χ3n) is 4.48. The number of ether oxygens (including phenoxy) is 1. The SMILES string of the molecule is CC(C)(C)OC(=O)Cn1c(CCc2ccc(F)cc2F)cc(=O)c2ccccc21. The highest BCUT2D eigenvalue weighted by atomic mass is 19.1. The molecule has 0 radical (unpaired) electrons. The first-order chi connectivity index (χ1) is 13.6. The number of esters is 1. The molecule has 1 aromatic heterocycles. The standard InChI is InChI=1S/C23H23F2NO3/c1-23(2,3)29-22(28)14-26-17(11-9-15-8-10-16(24)12-19(15)25)13-21(27)18-6-4-5-7-20(18)26/h4-8,10,12-13H,9,11,14H2,1-3H3. The first-order valence-corrected chi connectivity index (χ1v) is 9.41. The highest BCUT2D eigenvalue weighted by Gasteiger charge is 2.19. The van der Waals surface area contributed by atoms with E-state index in [1.807, 2.05) is 0 Å². The number of rotatable bonds is 5. The van der Waals surface area contributed by atoms with Crippen molar-refractivity contribution in [1.29, 1.82) is 0 Å². The van der Waals surface area contributed by atoms with Gasteiger partial charge < -0.3 is 9.30 Å². The topological polar surface area (TPSA) is 48.3 Å². The van der Waals surface area contributed by atoms with Gasteiger partial charge in [0.15, 0.2) is 5.43 Å². The lowest BCUT2D eigenvalue weighted by Crippen LogP contribution is -2.28. The number of para-hydroxylation sites is 1. The zero-order chi connectivity index (χ0) is 21.2. The molecule has 0 aliphatic rings. The molecule has 0 N–H and O–H groups in total. The average Bonchev–Trinajstić information content (AvgIpc) is 2.62. The molecule has 0 aliphatic carbocycles. The van der Waals surface area contributed by atoms with E-state index in [-0.39, 0.29) is 18.4 Å². The molecule has 3 rings (SSSR count). The lowest BCUT2D eigenvalue weighted by molar-refractivity contribution is -0.155. The van der Waals surface area contributed by atoms with Gasteiger partial charge in [-0.25, -0.2) is 8.78 Å². The molecule has 29 heavy (non-hydrogen) atoms. The van der Waals surface area contributed by atoms with Gasteiger partial charge in [0.1, 0.15) is 23.8 Å². The molecule has 0 aliphatic heterocycles. The second-order valence-electron chi connectivity index (χ2n) is 7.93. The van der Waals surface area contributed by atoms with Crippen LogP contribution >= 0.6 is 0 Å². The van der Waals surface area contributed by atoms with Crippen LogP contribution in [0.2, 0.25) is 0 Å². The summed E-state index contributed by atoms with van der Waals surface area (Å²) in [4.78, 5) is 25.0. The van der Waals surface area contributed by atoms with Crippen LogP contribution in [0.4, 0.5) is 8.78 Å². The van der Waals surface area contributed by atoms with Crippen molar-refractivity contribution in [3.63, 3.8) is 0 Å². The maximum atomic E-state index is 14.0. The Morgan fingerprint density at radius 3 is 2.45 bits per heavy atom. The van der Waals surface area contributed by atoms with Gasteiger partial charge in [-0.15, -0.1) is 0 Å². The molecule has 0 fully saturated rings. The van der Waals surface area contributed by atoms with Crippen molar-refractivity contribution < 1.29 is 18.3 Å². The van der Waals surface area contributed by atoms with E-state index in [2.05, 4.69) is 0 Å². The molecule has 0 bridgehead atoms. The summed E-state index contributed by atoms with van der Waals surface area (Å²) in [5, 5.41) is 0.493. The predicted octanol–water partition coefficient (Wildman–Crippen LogP) is 4.41. The van der Waals surface area contributed by atoms with E-state index in [1.165, 1.54) is 18.2 Å². The number of halogens is 2. The minimum absolute atomic E-state index is 0.0701. The van der Waals surface area contributed by atoms with Gasteiger partial charge in [-0.1, -0.05) is 18.2 Å². The Morgan fingerprint density at radius 1 is 1.03 bits per heavy atom. The van der Waals surface area contributed by atoms with Crippen molar-refractivity contribution in [2.45, 2.75) is 45.8 Å². The quantitative estimate of drug-likeness (QED) is 0.597. The Morgan fingerprint density at radius 2 is 1.76 bits per heavy atom. The van der Waals surface area contributed by atoms with Crippen molar-refractivity contribution in [1.82, 2.24) is 4.57 Å². The molecule has 152 valence electrons. The molecule has 0 unspecified atom stereocenters. The molecule has 1 heterocycles. The summed E-state index contributed by atoms with van der Waals surface area (Å²) in [6.07, 6.45) is 0.573. The lowest BCUT2D eigenvalue weighted by atomic mass is 10.1. The van der Waals surface area contributed by atoms with Crippen molar-refractivity contribution in [2.75, 3.05) is 0 Å². The minimum atomic E-state index is -0.640. The van der Waals surface area contributed by atoms with Crippen molar-refractivity contribution in [2.24, 2.45) is 0 Å². The smallest absolute Gasteiger partial charge is 0.326 e. The van der Waals surface area contributed by atoms with Crippen LogP contribution < -0.4 is 5.43 Å². The number of fused-ring (bicyclic) bond motifs is 1. The maximum Gasteiger partial charge on any atom is 0.326 e.